The van der Waals surface area contributed by atoms with Crippen molar-refractivity contribution < 1.29 is 12.8 Å². The summed E-state index contributed by atoms with van der Waals surface area (Å²) in [6.45, 7) is 2.30. The largest absolute Gasteiger partial charge is 0.316 e. The third-order valence-electron chi connectivity index (χ3n) is 3.75. The quantitative estimate of drug-likeness (QED) is 0.870. The second-order valence-electron chi connectivity index (χ2n) is 5.64. The molecule has 2 N–H and O–H groups in total. The van der Waals surface area contributed by atoms with E-state index in [9.17, 15) is 12.8 Å². The normalized spacial score (nSPS) is 22.7. The van der Waals surface area contributed by atoms with Gasteiger partial charge in [0.2, 0.25) is 10.0 Å². The Labute approximate surface area is 130 Å². The minimum atomic E-state index is -3.90. The average Bonchev–Trinajstić information content (AvgIpc) is 2.78. The number of benzene rings is 1. The zero-order chi connectivity index (χ0) is 15.6. The van der Waals surface area contributed by atoms with Gasteiger partial charge in [-0.1, -0.05) is 18.5 Å². The highest BCUT2D eigenvalue weighted by molar-refractivity contribution is 7.89. The summed E-state index contributed by atoms with van der Waals surface area (Å²) in [7, 11) is -2.24. The highest BCUT2D eigenvalue weighted by Crippen LogP contribution is 2.28. The maximum Gasteiger partial charge on any atom is 0.243 e. The molecule has 7 heteroatoms. The molecule has 0 radical (unpaired) electrons. The van der Waals surface area contributed by atoms with Crippen LogP contribution in [0.15, 0.2) is 17.0 Å². The van der Waals surface area contributed by atoms with Gasteiger partial charge in [0.1, 0.15) is 10.7 Å². The molecule has 1 aliphatic carbocycles. The Kier molecular flexibility index (Phi) is 5.24. The summed E-state index contributed by atoms with van der Waals surface area (Å²) < 4.78 is 41.7. The van der Waals surface area contributed by atoms with E-state index in [4.69, 9.17) is 11.6 Å². The minimum Gasteiger partial charge on any atom is -0.316 e. The zero-order valence-electron chi connectivity index (χ0n) is 12.1. The van der Waals surface area contributed by atoms with Crippen molar-refractivity contribution in [3.05, 3.63) is 28.5 Å². The van der Waals surface area contributed by atoms with Crippen LogP contribution in [0.5, 0.6) is 0 Å². The molecule has 0 amide bonds. The molecule has 0 aliphatic heterocycles. The lowest BCUT2D eigenvalue weighted by molar-refractivity contribution is 0.523. The van der Waals surface area contributed by atoms with Crippen LogP contribution in [0.25, 0.3) is 0 Å². The van der Waals surface area contributed by atoms with E-state index < -0.39 is 15.8 Å². The third-order valence-corrected chi connectivity index (χ3v) is 5.49. The fourth-order valence-electron chi connectivity index (χ4n) is 2.73. The van der Waals surface area contributed by atoms with Gasteiger partial charge in [-0.25, -0.2) is 17.5 Å². The number of halogens is 2. The third kappa shape index (κ3) is 3.94. The van der Waals surface area contributed by atoms with Gasteiger partial charge >= 0.3 is 0 Å². The van der Waals surface area contributed by atoms with Crippen LogP contribution in [0.1, 0.15) is 31.7 Å². The van der Waals surface area contributed by atoms with Crippen LogP contribution in [0.2, 0.25) is 5.02 Å². The predicted octanol–water partition coefficient (Wildman–Crippen LogP) is 2.67. The van der Waals surface area contributed by atoms with Crippen molar-refractivity contribution in [2.45, 2.75) is 43.7 Å². The lowest BCUT2D eigenvalue weighted by Gasteiger charge is -2.15. The standard InChI is InChI=1S/C14H20ClFN2O2S/c1-9-3-4-12(5-9)18-21(19,20)13-7-11(15)6-10(8-17-2)14(13)16/h6-7,9,12,17-18H,3-5,8H2,1-2H3. The molecule has 2 atom stereocenters. The van der Waals surface area contributed by atoms with Gasteiger partial charge in [0.05, 0.1) is 0 Å². The maximum absolute atomic E-state index is 14.4. The van der Waals surface area contributed by atoms with Crippen LogP contribution in [0.3, 0.4) is 0 Å². The predicted molar refractivity (Wildman–Crippen MR) is 81.3 cm³/mol. The minimum absolute atomic E-state index is 0.129. The van der Waals surface area contributed by atoms with Crippen LogP contribution >= 0.6 is 11.6 Å². The Morgan fingerprint density at radius 2 is 2.10 bits per heavy atom. The molecular formula is C14H20ClFN2O2S. The van der Waals surface area contributed by atoms with Crippen LogP contribution in [0, 0.1) is 11.7 Å². The first-order valence-corrected chi connectivity index (χ1v) is 8.84. The highest BCUT2D eigenvalue weighted by atomic mass is 35.5. The van der Waals surface area contributed by atoms with E-state index in [0.717, 1.165) is 25.3 Å². The first-order valence-electron chi connectivity index (χ1n) is 6.98. The van der Waals surface area contributed by atoms with Crippen LogP contribution in [0.4, 0.5) is 4.39 Å². The van der Waals surface area contributed by atoms with E-state index in [2.05, 4.69) is 17.0 Å². The van der Waals surface area contributed by atoms with E-state index >= 15 is 0 Å². The number of hydrogen-bond acceptors (Lipinski definition) is 3. The fourth-order valence-corrected chi connectivity index (χ4v) is 4.46. The second-order valence-corrected chi connectivity index (χ2v) is 7.76. The SMILES string of the molecule is CNCc1cc(Cl)cc(S(=O)(=O)NC2CCC(C)C2)c1F. The topological polar surface area (TPSA) is 58.2 Å². The first kappa shape index (κ1) is 16.7. The summed E-state index contributed by atoms with van der Waals surface area (Å²) in [4.78, 5) is -0.375. The second kappa shape index (κ2) is 6.60. The molecule has 0 spiro atoms. The zero-order valence-corrected chi connectivity index (χ0v) is 13.7. The van der Waals surface area contributed by atoms with E-state index in [1.807, 2.05) is 0 Å². The molecule has 0 heterocycles. The van der Waals surface area contributed by atoms with Gasteiger partial charge < -0.3 is 5.32 Å². The van der Waals surface area contributed by atoms with E-state index in [-0.39, 0.29) is 28.1 Å². The average molecular weight is 335 g/mol. The number of nitrogens with one attached hydrogen (secondary N) is 2. The lowest BCUT2D eigenvalue weighted by atomic mass is 10.1. The maximum atomic E-state index is 14.4. The molecule has 0 aromatic heterocycles. The first-order chi connectivity index (χ1) is 9.83. The fraction of sp³-hybridized carbons (Fsp3) is 0.571. The molecule has 118 valence electrons. The van der Waals surface area contributed by atoms with E-state index in [1.54, 1.807) is 7.05 Å². The Balaban J connectivity index is 2.31. The molecule has 0 bridgehead atoms. The number of sulfonamides is 1. The molecule has 1 aliphatic rings. The summed E-state index contributed by atoms with van der Waals surface area (Å²) in [5, 5.41) is 3.01. The van der Waals surface area contributed by atoms with E-state index in [1.165, 1.54) is 6.07 Å². The molecule has 2 rings (SSSR count). The van der Waals surface area contributed by atoms with Gasteiger partial charge in [0.25, 0.3) is 0 Å². The van der Waals surface area contributed by atoms with Gasteiger partial charge in [0, 0.05) is 23.2 Å². The van der Waals surface area contributed by atoms with Crippen molar-refractivity contribution in [1.29, 1.82) is 0 Å². The Morgan fingerprint density at radius 3 is 2.67 bits per heavy atom. The molecule has 2 unspecified atom stereocenters. The smallest absolute Gasteiger partial charge is 0.243 e. The highest BCUT2D eigenvalue weighted by Gasteiger charge is 2.29. The molecule has 1 saturated carbocycles. The molecule has 1 aromatic rings. The van der Waals surface area contributed by atoms with Gasteiger partial charge in [-0.2, -0.15) is 0 Å². The Hall–Kier alpha value is -0.690. The van der Waals surface area contributed by atoms with Crippen molar-refractivity contribution in [3.63, 3.8) is 0 Å². The number of rotatable bonds is 5. The molecule has 0 saturated heterocycles. The summed E-state index contributed by atoms with van der Waals surface area (Å²) >= 11 is 5.92. The van der Waals surface area contributed by atoms with Gasteiger partial charge in [0.15, 0.2) is 0 Å². The van der Waals surface area contributed by atoms with Crippen LogP contribution in [-0.2, 0) is 16.6 Å². The monoisotopic (exact) mass is 334 g/mol. The van der Waals surface area contributed by atoms with Crippen molar-refractivity contribution in [3.8, 4) is 0 Å². The molecule has 1 aromatic carbocycles. The Morgan fingerprint density at radius 1 is 1.38 bits per heavy atom. The van der Waals surface area contributed by atoms with Crippen molar-refractivity contribution >= 4 is 21.6 Å². The van der Waals surface area contributed by atoms with Gasteiger partial charge in [-0.3, -0.25) is 0 Å². The van der Waals surface area contributed by atoms with Crippen molar-refractivity contribution in [2.75, 3.05) is 7.05 Å². The van der Waals surface area contributed by atoms with Crippen LogP contribution in [-0.4, -0.2) is 21.5 Å². The number of hydrogen-bond donors (Lipinski definition) is 2. The van der Waals surface area contributed by atoms with Gasteiger partial charge in [-0.05, 0) is 44.4 Å². The van der Waals surface area contributed by atoms with Crippen molar-refractivity contribution in [2.24, 2.45) is 5.92 Å². The summed E-state index contributed by atoms with van der Waals surface area (Å²) in [5.41, 5.74) is 0.241. The molecule has 21 heavy (non-hydrogen) atoms. The molecule has 1 fully saturated rings. The van der Waals surface area contributed by atoms with Gasteiger partial charge in [-0.15, -0.1) is 0 Å². The molecule has 4 nitrogen and oxygen atoms in total. The summed E-state index contributed by atoms with van der Waals surface area (Å²) in [6, 6.07) is 2.47. The Bertz CT molecular complexity index is 622. The summed E-state index contributed by atoms with van der Waals surface area (Å²) in [5.74, 6) is -0.256. The summed E-state index contributed by atoms with van der Waals surface area (Å²) in [6.07, 6.45) is 2.55. The van der Waals surface area contributed by atoms with Crippen LogP contribution < -0.4 is 10.0 Å². The molecular weight excluding hydrogens is 315 g/mol. The van der Waals surface area contributed by atoms with Crippen molar-refractivity contribution in [1.82, 2.24) is 10.0 Å². The lowest BCUT2D eigenvalue weighted by Crippen LogP contribution is -2.33. The van der Waals surface area contributed by atoms with E-state index in [0.29, 0.717) is 5.92 Å².